The molecule has 2 heterocycles. The predicted molar refractivity (Wildman–Crippen MR) is 206 cm³/mol. The molecule has 3 aromatic rings. The zero-order valence-electron chi connectivity index (χ0n) is 31.9. The Kier molecular flexibility index (Phi) is 16.2. The SMILES string of the molecule is COCCCN1CCOc2ccc(COC3CN(C(=O)OCCCCCCO[N+](=O)[O-])C(CC(=O)NCc4ccccc4)CC3c3ccc(OC)cc3)cc21. The van der Waals surface area contributed by atoms with Crippen molar-refractivity contribution in [2.45, 2.75) is 76.2 Å². The molecule has 1 N–H and O–H groups in total. The molecule has 0 saturated carbocycles. The molecule has 3 atom stereocenters. The lowest BCUT2D eigenvalue weighted by atomic mass is 9.82. The lowest BCUT2D eigenvalue weighted by molar-refractivity contribution is -0.757. The number of methoxy groups -OCH3 is 2. The van der Waals surface area contributed by atoms with Crippen LogP contribution in [0.1, 0.15) is 67.6 Å². The number of nitrogens with one attached hydrogen (secondary N) is 1. The molecular weight excluding hydrogens is 708 g/mol. The van der Waals surface area contributed by atoms with Crippen LogP contribution in [0.15, 0.2) is 72.8 Å². The number of ether oxygens (including phenoxy) is 5. The van der Waals surface area contributed by atoms with Crippen molar-refractivity contribution >= 4 is 17.7 Å². The van der Waals surface area contributed by atoms with Crippen LogP contribution in [0.4, 0.5) is 10.5 Å². The van der Waals surface area contributed by atoms with Crippen LogP contribution in [0.2, 0.25) is 0 Å². The van der Waals surface area contributed by atoms with E-state index in [1.165, 1.54) is 0 Å². The summed E-state index contributed by atoms with van der Waals surface area (Å²) in [7, 11) is 3.34. The van der Waals surface area contributed by atoms with E-state index in [1.807, 2.05) is 66.7 Å². The van der Waals surface area contributed by atoms with Crippen molar-refractivity contribution in [3.8, 4) is 11.5 Å². The predicted octanol–water partition coefficient (Wildman–Crippen LogP) is 6.29. The van der Waals surface area contributed by atoms with Gasteiger partial charge in [0.05, 0.1) is 51.8 Å². The van der Waals surface area contributed by atoms with Gasteiger partial charge in [-0.2, -0.15) is 0 Å². The molecule has 14 nitrogen and oxygen atoms in total. The molecule has 14 heteroatoms. The molecule has 0 spiro atoms. The van der Waals surface area contributed by atoms with E-state index in [0.29, 0.717) is 52.0 Å². The highest BCUT2D eigenvalue weighted by atomic mass is 16.9. The van der Waals surface area contributed by atoms with E-state index >= 15 is 0 Å². The quantitative estimate of drug-likeness (QED) is 0.0742. The van der Waals surface area contributed by atoms with Gasteiger partial charge in [0, 0.05) is 45.2 Å². The van der Waals surface area contributed by atoms with Crippen LogP contribution in [0, 0.1) is 10.1 Å². The number of unbranched alkanes of at least 4 members (excludes halogenated alkanes) is 3. The number of hydrogen-bond acceptors (Lipinski definition) is 11. The highest BCUT2D eigenvalue weighted by Gasteiger charge is 2.41. The first-order valence-electron chi connectivity index (χ1n) is 19.1. The summed E-state index contributed by atoms with van der Waals surface area (Å²) < 4.78 is 29.2. The van der Waals surface area contributed by atoms with Crippen LogP contribution >= 0.6 is 0 Å². The fourth-order valence-electron chi connectivity index (χ4n) is 7.10. The Bertz CT molecular complexity index is 1640. The van der Waals surface area contributed by atoms with Crippen molar-refractivity contribution in [3.63, 3.8) is 0 Å². The minimum atomic E-state index is -0.796. The van der Waals surface area contributed by atoms with Crippen LogP contribution in [0.3, 0.4) is 0 Å². The maximum atomic E-state index is 13.8. The number of fused-ring (bicyclic) bond motifs is 1. The molecule has 0 bridgehead atoms. The van der Waals surface area contributed by atoms with Gasteiger partial charge in [-0.05, 0) is 73.1 Å². The van der Waals surface area contributed by atoms with Gasteiger partial charge in [-0.15, -0.1) is 10.1 Å². The standard InChI is InChI=1S/C41H54N4O10/c1-50-21-10-19-43-20-24-52-38-18-13-32(25-37(38)43)30-54-39-29-44(41(47)53-22-8-3-4-9-23-55-45(48)49)34(26-36(39)33-14-16-35(51-2)17-15-33)27-40(46)42-28-31-11-6-5-7-12-31/h5-7,11-18,25,34,36,39H,3-4,8-10,19-24,26-30H2,1-2H3,(H,42,46). The second kappa shape index (κ2) is 21.7. The second-order valence-electron chi connectivity index (χ2n) is 13.8. The molecule has 5 rings (SSSR count). The second-order valence-corrected chi connectivity index (χ2v) is 13.8. The monoisotopic (exact) mass is 762 g/mol. The summed E-state index contributed by atoms with van der Waals surface area (Å²) in [5.41, 5.74) is 4.01. The maximum absolute atomic E-state index is 13.8. The molecule has 0 aliphatic carbocycles. The molecule has 2 amide bonds. The summed E-state index contributed by atoms with van der Waals surface area (Å²) in [6.45, 7) is 4.08. The number of carbonyl (C=O) groups is 2. The first-order chi connectivity index (χ1) is 26.8. The molecule has 1 fully saturated rings. The molecule has 3 unspecified atom stereocenters. The maximum Gasteiger partial charge on any atom is 0.410 e. The van der Waals surface area contributed by atoms with E-state index in [-0.39, 0.29) is 38.0 Å². The van der Waals surface area contributed by atoms with E-state index in [0.717, 1.165) is 59.8 Å². The lowest BCUT2D eigenvalue weighted by Crippen LogP contribution is -2.53. The summed E-state index contributed by atoms with van der Waals surface area (Å²) in [6, 6.07) is 23.2. The Morgan fingerprint density at radius 3 is 2.45 bits per heavy atom. The first kappa shape index (κ1) is 41.1. The summed E-state index contributed by atoms with van der Waals surface area (Å²) in [5, 5.41) is 12.6. The fraction of sp³-hybridized carbons (Fsp3) is 0.512. The summed E-state index contributed by atoms with van der Waals surface area (Å²) in [5.74, 6) is 1.28. The smallest absolute Gasteiger partial charge is 0.410 e. The number of benzene rings is 3. The van der Waals surface area contributed by atoms with E-state index in [4.69, 9.17) is 23.7 Å². The molecule has 1 saturated heterocycles. The van der Waals surface area contributed by atoms with Gasteiger partial charge in [-0.1, -0.05) is 55.0 Å². The molecule has 2 aliphatic heterocycles. The Hall–Kier alpha value is -5.08. The molecule has 3 aromatic carbocycles. The van der Waals surface area contributed by atoms with Crippen LogP contribution < -0.4 is 19.7 Å². The number of likely N-dealkylation sites (tertiary alicyclic amines) is 1. The Morgan fingerprint density at radius 2 is 1.71 bits per heavy atom. The minimum Gasteiger partial charge on any atom is -0.497 e. The molecular formula is C41H54N4O10. The lowest BCUT2D eigenvalue weighted by Gasteiger charge is -2.43. The number of rotatable bonds is 21. The average molecular weight is 763 g/mol. The Labute approximate surface area is 323 Å². The van der Waals surface area contributed by atoms with Crippen molar-refractivity contribution in [3.05, 3.63) is 99.6 Å². The van der Waals surface area contributed by atoms with Gasteiger partial charge in [0.1, 0.15) is 18.1 Å². The highest BCUT2D eigenvalue weighted by Crippen LogP contribution is 2.38. The number of anilines is 1. The van der Waals surface area contributed by atoms with Crippen LogP contribution in [-0.2, 0) is 37.0 Å². The molecule has 55 heavy (non-hydrogen) atoms. The summed E-state index contributed by atoms with van der Waals surface area (Å²) >= 11 is 0. The van der Waals surface area contributed by atoms with Crippen molar-refractivity contribution in [2.75, 3.05) is 65.2 Å². The Balaban J connectivity index is 1.31. The van der Waals surface area contributed by atoms with Crippen molar-refractivity contribution in [1.29, 1.82) is 0 Å². The van der Waals surface area contributed by atoms with Gasteiger partial charge >= 0.3 is 6.09 Å². The van der Waals surface area contributed by atoms with Gasteiger partial charge in [0.25, 0.3) is 5.09 Å². The zero-order valence-corrected chi connectivity index (χ0v) is 31.9. The average Bonchev–Trinajstić information content (AvgIpc) is 3.20. The molecule has 2 aliphatic rings. The van der Waals surface area contributed by atoms with Gasteiger partial charge in [-0.25, -0.2) is 4.79 Å². The zero-order chi connectivity index (χ0) is 38.8. The summed E-state index contributed by atoms with van der Waals surface area (Å²) in [6.07, 6.45) is 3.13. The fourth-order valence-corrected chi connectivity index (χ4v) is 7.10. The summed E-state index contributed by atoms with van der Waals surface area (Å²) in [4.78, 5) is 46.0. The number of piperidine rings is 1. The largest absolute Gasteiger partial charge is 0.497 e. The highest BCUT2D eigenvalue weighted by molar-refractivity contribution is 5.78. The normalized spacial score (nSPS) is 17.8. The third kappa shape index (κ3) is 12.7. The van der Waals surface area contributed by atoms with Crippen molar-refractivity contribution < 1.29 is 43.2 Å². The van der Waals surface area contributed by atoms with Crippen LogP contribution in [0.5, 0.6) is 11.5 Å². The van der Waals surface area contributed by atoms with Crippen molar-refractivity contribution in [2.24, 2.45) is 0 Å². The third-order valence-electron chi connectivity index (χ3n) is 10.0. The third-order valence-corrected chi connectivity index (χ3v) is 10.0. The van der Waals surface area contributed by atoms with E-state index in [9.17, 15) is 19.7 Å². The van der Waals surface area contributed by atoms with Crippen molar-refractivity contribution in [1.82, 2.24) is 10.2 Å². The molecule has 0 radical (unpaired) electrons. The van der Waals surface area contributed by atoms with E-state index < -0.39 is 23.3 Å². The van der Waals surface area contributed by atoms with Crippen LogP contribution in [-0.4, -0.2) is 94.4 Å². The number of carbonyl (C=O) groups excluding carboxylic acids is 2. The van der Waals surface area contributed by atoms with E-state index in [2.05, 4.69) is 21.1 Å². The minimum absolute atomic E-state index is 0.0389. The number of nitrogens with zero attached hydrogens (tertiary/aromatic N) is 3. The van der Waals surface area contributed by atoms with Gasteiger partial charge in [-0.3, -0.25) is 4.79 Å². The van der Waals surface area contributed by atoms with Crippen LogP contribution in [0.25, 0.3) is 0 Å². The number of hydrogen-bond donors (Lipinski definition) is 1. The first-order valence-corrected chi connectivity index (χ1v) is 19.1. The number of amides is 2. The molecule has 0 aromatic heterocycles. The van der Waals surface area contributed by atoms with Gasteiger partial charge in [0.2, 0.25) is 5.91 Å². The van der Waals surface area contributed by atoms with E-state index in [1.54, 1.807) is 19.1 Å². The topological polar surface area (TPSA) is 151 Å². The van der Waals surface area contributed by atoms with Gasteiger partial charge < -0.3 is 43.6 Å². The Morgan fingerprint density at radius 1 is 0.927 bits per heavy atom. The molecule has 298 valence electrons. The van der Waals surface area contributed by atoms with Gasteiger partial charge in [0.15, 0.2) is 0 Å².